The lowest BCUT2D eigenvalue weighted by Crippen LogP contribution is -2.27. The third kappa shape index (κ3) is 1.86. The second kappa shape index (κ2) is 2.97. The Hall–Kier alpha value is -1.37. The zero-order valence-corrected chi connectivity index (χ0v) is 5.55. The average molecular weight is 160 g/mol. The Morgan fingerprint density at radius 2 is 2.60 bits per heavy atom. The Morgan fingerprint density at radius 3 is 3.10 bits per heavy atom. The molecule has 10 heavy (non-hydrogen) atoms. The highest BCUT2D eigenvalue weighted by Crippen LogP contribution is 1.99. The number of nitrogens with zero attached hydrogens (tertiary/aromatic N) is 2. The fraction of sp³-hybridized carbons (Fsp3) is 0. The molecule has 0 atom stereocenters. The summed E-state index contributed by atoms with van der Waals surface area (Å²) in [4.78, 5) is 9.88. The van der Waals surface area contributed by atoms with E-state index in [9.17, 15) is 4.79 Å². The number of hydrogen-bond donors (Lipinski definition) is 3. The lowest BCUT2D eigenvalue weighted by atomic mass is 10.8. The number of aromatic nitrogens is 2. The Morgan fingerprint density at radius 1 is 1.80 bits per heavy atom. The van der Waals surface area contributed by atoms with Gasteiger partial charge in [-0.25, -0.2) is 10.2 Å². The SMILES string of the molecule is O=C(O)NNc1csnn1. The van der Waals surface area contributed by atoms with Crippen LogP contribution < -0.4 is 10.9 Å². The van der Waals surface area contributed by atoms with E-state index in [-0.39, 0.29) is 0 Å². The van der Waals surface area contributed by atoms with Gasteiger partial charge in [-0.2, -0.15) is 0 Å². The molecule has 0 fully saturated rings. The lowest BCUT2D eigenvalue weighted by molar-refractivity contribution is 0.197. The van der Waals surface area contributed by atoms with Gasteiger partial charge < -0.3 is 5.11 Å². The van der Waals surface area contributed by atoms with Gasteiger partial charge >= 0.3 is 6.09 Å². The van der Waals surface area contributed by atoms with E-state index in [2.05, 4.69) is 15.0 Å². The molecule has 0 aliphatic carbocycles. The van der Waals surface area contributed by atoms with Gasteiger partial charge in [0.2, 0.25) is 0 Å². The molecule has 0 saturated heterocycles. The molecule has 0 spiro atoms. The van der Waals surface area contributed by atoms with Crippen molar-refractivity contribution in [2.45, 2.75) is 0 Å². The molecule has 0 saturated carbocycles. The normalized spacial score (nSPS) is 8.80. The summed E-state index contributed by atoms with van der Waals surface area (Å²) in [5.41, 5.74) is 4.23. The van der Waals surface area contributed by atoms with Gasteiger partial charge in [0, 0.05) is 0 Å². The molecule has 3 N–H and O–H groups in total. The van der Waals surface area contributed by atoms with E-state index in [1.165, 1.54) is 0 Å². The van der Waals surface area contributed by atoms with Crippen LogP contribution in [-0.4, -0.2) is 20.8 Å². The fourth-order valence-electron chi connectivity index (χ4n) is 0.337. The van der Waals surface area contributed by atoms with Crippen molar-refractivity contribution in [3.8, 4) is 0 Å². The standard InChI is InChI=1S/C3H4N4O2S/c8-3(9)6-4-2-1-10-7-5-2/h1,4,6H,(H,8,9). The van der Waals surface area contributed by atoms with Crippen molar-refractivity contribution in [3.63, 3.8) is 0 Å². The van der Waals surface area contributed by atoms with Gasteiger partial charge in [0.25, 0.3) is 0 Å². The number of rotatable bonds is 2. The van der Waals surface area contributed by atoms with Gasteiger partial charge in [0.1, 0.15) is 0 Å². The van der Waals surface area contributed by atoms with Gasteiger partial charge in [-0.3, -0.25) is 5.43 Å². The summed E-state index contributed by atoms with van der Waals surface area (Å²) in [6, 6.07) is 0. The molecule has 0 aromatic carbocycles. The van der Waals surface area contributed by atoms with E-state index in [1.807, 2.05) is 5.43 Å². The summed E-state index contributed by atoms with van der Waals surface area (Å²) in [5.74, 6) is 0.396. The highest BCUT2D eigenvalue weighted by atomic mass is 32.1. The molecule has 1 amide bonds. The van der Waals surface area contributed by atoms with Crippen LogP contribution in [0.1, 0.15) is 0 Å². The Labute approximate surface area is 60.0 Å². The molecule has 7 heteroatoms. The van der Waals surface area contributed by atoms with Crippen LogP contribution in [0.4, 0.5) is 10.6 Å². The molecule has 1 heterocycles. The summed E-state index contributed by atoms with van der Waals surface area (Å²) in [5, 5.41) is 13.2. The minimum absolute atomic E-state index is 0.396. The second-order valence-corrected chi connectivity index (χ2v) is 1.96. The van der Waals surface area contributed by atoms with Crippen LogP contribution in [0.5, 0.6) is 0 Å². The zero-order chi connectivity index (χ0) is 7.40. The summed E-state index contributed by atoms with van der Waals surface area (Å²) >= 11 is 1.13. The number of carboxylic acid groups (broad SMARTS) is 1. The van der Waals surface area contributed by atoms with Crippen molar-refractivity contribution >= 4 is 23.4 Å². The fourth-order valence-corrected chi connectivity index (χ4v) is 0.725. The quantitative estimate of drug-likeness (QED) is 0.535. The van der Waals surface area contributed by atoms with Gasteiger partial charge in [0.15, 0.2) is 5.82 Å². The predicted molar refractivity (Wildman–Crippen MR) is 34.7 cm³/mol. The largest absolute Gasteiger partial charge is 0.464 e. The van der Waals surface area contributed by atoms with Crippen LogP contribution in [-0.2, 0) is 0 Å². The van der Waals surface area contributed by atoms with E-state index in [4.69, 9.17) is 5.11 Å². The van der Waals surface area contributed by atoms with E-state index >= 15 is 0 Å². The Balaban J connectivity index is 2.35. The summed E-state index contributed by atoms with van der Waals surface area (Å²) in [7, 11) is 0. The number of amides is 1. The topological polar surface area (TPSA) is 87.1 Å². The van der Waals surface area contributed by atoms with Gasteiger partial charge in [-0.05, 0) is 11.5 Å². The van der Waals surface area contributed by atoms with Crippen molar-refractivity contribution in [2.24, 2.45) is 0 Å². The molecular weight excluding hydrogens is 156 g/mol. The summed E-state index contributed by atoms with van der Waals surface area (Å²) < 4.78 is 3.50. The molecule has 1 aromatic heterocycles. The summed E-state index contributed by atoms with van der Waals surface area (Å²) in [6.45, 7) is 0. The number of carbonyl (C=O) groups is 1. The highest BCUT2D eigenvalue weighted by Gasteiger charge is 1.95. The van der Waals surface area contributed by atoms with E-state index in [1.54, 1.807) is 5.38 Å². The number of anilines is 1. The molecular formula is C3H4N4O2S. The zero-order valence-electron chi connectivity index (χ0n) is 4.74. The van der Waals surface area contributed by atoms with E-state index in [0.29, 0.717) is 5.82 Å². The highest BCUT2D eigenvalue weighted by molar-refractivity contribution is 7.03. The number of nitrogens with one attached hydrogen (secondary N) is 2. The van der Waals surface area contributed by atoms with Gasteiger partial charge in [-0.15, -0.1) is 5.10 Å². The van der Waals surface area contributed by atoms with Crippen LogP contribution in [0.15, 0.2) is 5.38 Å². The van der Waals surface area contributed by atoms with Crippen molar-refractivity contribution in [1.82, 2.24) is 15.0 Å². The maximum atomic E-state index is 9.88. The molecule has 1 aromatic rings. The van der Waals surface area contributed by atoms with Crippen LogP contribution in [0, 0.1) is 0 Å². The van der Waals surface area contributed by atoms with E-state index in [0.717, 1.165) is 11.5 Å². The molecule has 0 aliphatic heterocycles. The first-order valence-electron chi connectivity index (χ1n) is 2.31. The maximum absolute atomic E-state index is 9.88. The maximum Gasteiger partial charge on any atom is 0.423 e. The first kappa shape index (κ1) is 6.75. The van der Waals surface area contributed by atoms with Crippen molar-refractivity contribution in [2.75, 3.05) is 5.43 Å². The van der Waals surface area contributed by atoms with E-state index < -0.39 is 6.09 Å². The monoisotopic (exact) mass is 160 g/mol. The molecule has 0 radical (unpaired) electrons. The number of hydrazine groups is 1. The number of hydrogen-bond acceptors (Lipinski definition) is 5. The average Bonchev–Trinajstić information content (AvgIpc) is 2.34. The minimum atomic E-state index is -1.16. The van der Waals surface area contributed by atoms with Crippen molar-refractivity contribution in [1.29, 1.82) is 0 Å². The molecule has 0 unspecified atom stereocenters. The Bertz CT molecular complexity index is 210. The van der Waals surface area contributed by atoms with Gasteiger partial charge in [-0.1, -0.05) is 4.49 Å². The van der Waals surface area contributed by atoms with Crippen molar-refractivity contribution in [3.05, 3.63) is 5.38 Å². The molecule has 6 nitrogen and oxygen atoms in total. The molecule has 1 rings (SSSR count). The Kier molecular flexibility index (Phi) is 2.00. The predicted octanol–water partition coefficient (Wildman–Crippen LogP) is 0.133. The van der Waals surface area contributed by atoms with Crippen LogP contribution in [0.3, 0.4) is 0 Å². The minimum Gasteiger partial charge on any atom is -0.464 e. The molecule has 0 aliphatic rings. The third-order valence-electron chi connectivity index (χ3n) is 0.658. The summed E-state index contributed by atoms with van der Waals surface area (Å²) in [6.07, 6.45) is -1.16. The van der Waals surface area contributed by atoms with Crippen LogP contribution in [0.25, 0.3) is 0 Å². The van der Waals surface area contributed by atoms with Crippen molar-refractivity contribution < 1.29 is 9.90 Å². The third-order valence-corrected chi connectivity index (χ3v) is 1.16. The first-order chi connectivity index (χ1) is 4.79. The molecule has 54 valence electrons. The van der Waals surface area contributed by atoms with Gasteiger partial charge in [0.05, 0.1) is 5.38 Å². The second-order valence-electron chi connectivity index (χ2n) is 1.35. The first-order valence-corrected chi connectivity index (χ1v) is 3.14. The van der Waals surface area contributed by atoms with Crippen LogP contribution in [0.2, 0.25) is 0 Å². The smallest absolute Gasteiger partial charge is 0.423 e. The molecule has 0 bridgehead atoms. The van der Waals surface area contributed by atoms with Crippen LogP contribution >= 0.6 is 11.5 Å². The lowest BCUT2D eigenvalue weighted by Gasteiger charge is -1.97.